The molecule has 2 rings (SSSR count). The third-order valence-corrected chi connectivity index (χ3v) is 5.13. The molecule has 0 aromatic rings. The lowest BCUT2D eigenvalue weighted by molar-refractivity contribution is -0.0771. The molecule has 2 fully saturated rings. The Bertz CT molecular complexity index is 301. The summed E-state index contributed by atoms with van der Waals surface area (Å²) in [5.41, 5.74) is 0.848. The lowest BCUT2D eigenvalue weighted by Crippen LogP contribution is -2.46. The van der Waals surface area contributed by atoms with E-state index >= 15 is 0 Å². The maximum absolute atomic E-state index is 10.8. The first kappa shape index (κ1) is 12.2. The summed E-state index contributed by atoms with van der Waals surface area (Å²) >= 11 is 0. The Labute approximate surface area is 99.9 Å². The predicted octanol–water partition coefficient (Wildman–Crippen LogP) is 3.78. The molecule has 16 heavy (non-hydrogen) atoms. The molecule has 1 N–H and O–H groups in total. The van der Waals surface area contributed by atoms with Crippen LogP contribution in [0.1, 0.15) is 53.4 Å². The van der Waals surface area contributed by atoms with Crippen LogP contribution in [0.3, 0.4) is 0 Å². The normalized spacial score (nSPS) is 39.7. The first-order chi connectivity index (χ1) is 7.25. The fraction of sp³-hybridized carbons (Fsp3) is 0.867. The van der Waals surface area contributed by atoms with Gasteiger partial charge in [-0.1, -0.05) is 19.4 Å². The highest BCUT2D eigenvalue weighted by Gasteiger charge is 2.58. The summed E-state index contributed by atoms with van der Waals surface area (Å²) in [6, 6.07) is 0. The minimum atomic E-state index is -0.560. The van der Waals surface area contributed by atoms with Crippen molar-refractivity contribution < 1.29 is 5.11 Å². The van der Waals surface area contributed by atoms with Crippen LogP contribution < -0.4 is 0 Å². The van der Waals surface area contributed by atoms with Crippen molar-refractivity contribution in [3.8, 4) is 0 Å². The van der Waals surface area contributed by atoms with E-state index in [0.29, 0.717) is 11.3 Å². The van der Waals surface area contributed by atoms with Crippen molar-refractivity contribution in [2.75, 3.05) is 0 Å². The molecule has 4 atom stereocenters. The van der Waals surface area contributed by atoms with Crippen LogP contribution in [0, 0.1) is 23.2 Å². The smallest absolute Gasteiger partial charge is 0.0692 e. The number of hydrogen-bond acceptors (Lipinski definition) is 1. The Morgan fingerprint density at radius 1 is 1.44 bits per heavy atom. The second-order valence-corrected chi connectivity index (χ2v) is 7.06. The SMILES string of the molecule is C=C(C)CC(C)(O)C1C2CCC(C2)C1(C)C. The Morgan fingerprint density at radius 2 is 2.06 bits per heavy atom. The van der Waals surface area contributed by atoms with Gasteiger partial charge in [0.15, 0.2) is 0 Å². The van der Waals surface area contributed by atoms with Crippen LogP contribution in [0.25, 0.3) is 0 Å². The third kappa shape index (κ3) is 1.73. The van der Waals surface area contributed by atoms with Crippen molar-refractivity contribution >= 4 is 0 Å². The van der Waals surface area contributed by atoms with Gasteiger partial charge < -0.3 is 5.11 Å². The van der Waals surface area contributed by atoms with Gasteiger partial charge in [-0.25, -0.2) is 0 Å². The monoisotopic (exact) mass is 222 g/mol. The molecule has 0 amide bonds. The molecule has 0 aromatic heterocycles. The van der Waals surface area contributed by atoms with Gasteiger partial charge in [0.1, 0.15) is 0 Å². The molecular formula is C15H26O. The first-order valence-electron chi connectivity index (χ1n) is 6.62. The van der Waals surface area contributed by atoms with Crippen molar-refractivity contribution in [1.82, 2.24) is 0 Å². The average molecular weight is 222 g/mol. The van der Waals surface area contributed by atoms with Crippen LogP contribution in [-0.4, -0.2) is 10.7 Å². The Morgan fingerprint density at radius 3 is 2.50 bits per heavy atom. The first-order valence-corrected chi connectivity index (χ1v) is 6.62. The lowest BCUT2D eigenvalue weighted by Gasteiger charge is -2.46. The number of rotatable bonds is 3. The predicted molar refractivity (Wildman–Crippen MR) is 68.2 cm³/mol. The zero-order valence-electron chi connectivity index (χ0n) is 11.2. The number of aliphatic hydroxyl groups is 1. The third-order valence-electron chi connectivity index (χ3n) is 5.13. The minimum absolute atomic E-state index is 0.307. The van der Waals surface area contributed by atoms with Crippen LogP contribution in [0.2, 0.25) is 0 Å². The zero-order chi connectivity index (χ0) is 12.1. The summed E-state index contributed by atoms with van der Waals surface area (Å²) in [5.74, 6) is 2.03. The highest BCUT2D eigenvalue weighted by Crippen LogP contribution is 2.62. The van der Waals surface area contributed by atoms with E-state index < -0.39 is 5.60 Å². The fourth-order valence-electron chi connectivity index (χ4n) is 4.89. The summed E-state index contributed by atoms with van der Waals surface area (Å²) in [6.45, 7) is 12.7. The molecule has 0 radical (unpaired) electrons. The maximum atomic E-state index is 10.8. The van der Waals surface area contributed by atoms with E-state index in [1.54, 1.807) is 0 Å². The highest BCUT2D eigenvalue weighted by atomic mass is 16.3. The van der Waals surface area contributed by atoms with Crippen molar-refractivity contribution in [2.24, 2.45) is 23.2 Å². The number of hydrogen-bond donors (Lipinski definition) is 1. The Kier molecular flexibility index (Phi) is 2.73. The quantitative estimate of drug-likeness (QED) is 0.721. The second-order valence-electron chi connectivity index (χ2n) is 7.06. The molecule has 0 aliphatic heterocycles. The molecule has 4 unspecified atom stereocenters. The fourth-order valence-corrected chi connectivity index (χ4v) is 4.89. The molecule has 0 heterocycles. The van der Waals surface area contributed by atoms with Crippen molar-refractivity contribution in [3.63, 3.8) is 0 Å². The van der Waals surface area contributed by atoms with E-state index in [-0.39, 0.29) is 0 Å². The topological polar surface area (TPSA) is 20.2 Å². The summed E-state index contributed by atoms with van der Waals surface area (Å²) in [4.78, 5) is 0. The van der Waals surface area contributed by atoms with Gasteiger partial charge in [0.25, 0.3) is 0 Å². The minimum Gasteiger partial charge on any atom is -0.390 e. The van der Waals surface area contributed by atoms with Crippen molar-refractivity contribution in [3.05, 3.63) is 12.2 Å². The van der Waals surface area contributed by atoms with E-state index in [1.807, 2.05) is 13.8 Å². The zero-order valence-corrected chi connectivity index (χ0v) is 11.2. The van der Waals surface area contributed by atoms with Gasteiger partial charge >= 0.3 is 0 Å². The standard InChI is InChI=1S/C15H26O/c1-10(2)9-15(5,16)13-11-6-7-12(8-11)14(13,3)4/h11-13,16H,1,6-9H2,2-5H3. The van der Waals surface area contributed by atoms with Crippen molar-refractivity contribution in [2.45, 2.75) is 59.0 Å². The van der Waals surface area contributed by atoms with Crippen LogP contribution in [0.15, 0.2) is 12.2 Å². The summed E-state index contributed by atoms with van der Waals surface area (Å²) in [5, 5.41) is 10.8. The van der Waals surface area contributed by atoms with E-state index in [9.17, 15) is 5.11 Å². The molecule has 0 saturated heterocycles. The molecule has 0 spiro atoms. The molecule has 2 saturated carbocycles. The average Bonchev–Trinajstić information content (AvgIpc) is 2.56. The molecule has 2 aliphatic carbocycles. The van der Waals surface area contributed by atoms with Crippen LogP contribution in [0.5, 0.6) is 0 Å². The summed E-state index contributed by atoms with van der Waals surface area (Å²) in [7, 11) is 0. The van der Waals surface area contributed by atoms with Gasteiger partial charge in [-0.15, -0.1) is 6.58 Å². The van der Waals surface area contributed by atoms with E-state index in [4.69, 9.17) is 0 Å². The molecule has 1 nitrogen and oxygen atoms in total. The van der Waals surface area contributed by atoms with Gasteiger partial charge in [0.2, 0.25) is 0 Å². The van der Waals surface area contributed by atoms with Crippen LogP contribution in [0.4, 0.5) is 0 Å². The van der Waals surface area contributed by atoms with E-state index in [0.717, 1.165) is 23.8 Å². The van der Waals surface area contributed by atoms with Gasteiger partial charge in [0, 0.05) is 0 Å². The molecular weight excluding hydrogens is 196 g/mol. The largest absolute Gasteiger partial charge is 0.390 e. The van der Waals surface area contributed by atoms with Gasteiger partial charge in [0.05, 0.1) is 5.60 Å². The van der Waals surface area contributed by atoms with Crippen LogP contribution >= 0.6 is 0 Å². The van der Waals surface area contributed by atoms with Crippen LogP contribution in [-0.2, 0) is 0 Å². The Balaban J connectivity index is 2.23. The summed E-state index contributed by atoms with van der Waals surface area (Å²) < 4.78 is 0. The highest BCUT2D eigenvalue weighted by molar-refractivity contribution is 5.10. The van der Waals surface area contributed by atoms with E-state index in [1.165, 1.54) is 19.3 Å². The summed E-state index contributed by atoms with van der Waals surface area (Å²) in [6.07, 6.45) is 4.79. The van der Waals surface area contributed by atoms with Crippen molar-refractivity contribution in [1.29, 1.82) is 0 Å². The van der Waals surface area contributed by atoms with E-state index in [2.05, 4.69) is 20.4 Å². The van der Waals surface area contributed by atoms with Gasteiger partial charge in [-0.3, -0.25) is 0 Å². The molecule has 2 bridgehead atoms. The molecule has 1 heteroatoms. The molecule has 92 valence electrons. The van der Waals surface area contributed by atoms with Gasteiger partial charge in [-0.05, 0) is 62.7 Å². The molecule has 0 aromatic carbocycles. The Hall–Kier alpha value is -0.300. The lowest BCUT2D eigenvalue weighted by atomic mass is 9.61. The second kappa shape index (κ2) is 3.60. The van der Waals surface area contributed by atoms with Gasteiger partial charge in [-0.2, -0.15) is 0 Å². The molecule has 2 aliphatic rings. The maximum Gasteiger partial charge on any atom is 0.0692 e. The number of fused-ring (bicyclic) bond motifs is 2.